The van der Waals surface area contributed by atoms with Gasteiger partial charge in [0.15, 0.2) is 11.8 Å². The lowest BCUT2D eigenvalue weighted by Gasteiger charge is -2.20. The molecule has 6 heteroatoms. The number of ketones is 1. The Kier molecular flexibility index (Phi) is 4.97. The first kappa shape index (κ1) is 17.6. The molecule has 0 aliphatic heterocycles. The van der Waals surface area contributed by atoms with Gasteiger partial charge in [-0.05, 0) is 38.5 Å². The normalized spacial score (nSPS) is 11.9. The largest absolute Gasteiger partial charge is 0.347 e. The van der Waals surface area contributed by atoms with Gasteiger partial charge in [0, 0.05) is 25.7 Å². The number of amides is 1. The van der Waals surface area contributed by atoms with Crippen LogP contribution in [0, 0.1) is 13.8 Å². The molecule has 0 N–H and O–H groups in total. The van der Waals surface area contributed by atoms with Crippen molar-refractivity contribution in [1.82, 2.24) is 14.7 Å². The number of rotatable bonds is 4. The predicted molar refractivity (Wildman–Crippen MR) is 91.8 cm³/mol. The van der Waals surface area contributed by atoms with E-state index in [1.165, 1.54) is 32.0 Å². The Labute approximate surface area is 140 Å². The lowest BCUT2D eigenvalue weighted by Crippen LogP contribution is -2.41. The van der Waals surface area contributed by atoms with Gasteiger partial charge >= 0.3 is 0 Å². The van der Waals surface area contributed by atoms with Crippen molar-refractivity contribution in [2.75, 3.05) is 14.1 Å². The second-order valence-corrected chi connectivity index (χ2v) is 6.07. The number of aromatic nitrogens is 2. The summed E-state index contributed by atoms with van der Waals surface area (Å²) in [5.41, 5.74) is 2.98. The lowest BCUT2D eigenvalue weighted by atomic mass is 10.0. The fourth-order valence-corrected chi connectivity index (χ4v) is 2.46. The molecule has 1 aromatic carbocycles. The highest BCUT2D eigenvalue weighted by molar-refractivity contribution is 6.02. The summed E-state index contributed by atoms with van der Waals surface area (Å²) in [6.45, 7) is 5.19. The highest BCUT2D eigenvalue weighted by Gasteiger charge is 2.29. The standard InChI is InChI=1S/C18H21N3O3/c1-11-6-7-12(2)14(10-11)15-8-9-16(23)21(19-15)17(13(3)22)18(24)20(4)5/h6-10,17H,1-5H3. The van der Waals surface area contributed by atoms with Crippen LogP contribution in [0.15, 0.2) is 35.1 Å². The van der Waals surface area contributed by atoms with Gasteiger partial charge in [-0.3, -0.25) is 14.4 Å². The maximum Gasteiger partial charge on any atom is 0.267 e. The average Bonchev–Trinajstić information content (AvgIpc) is 2.51. The van der Waals surface area contributed by atoms with Gasteiger partial charge in [-0.25, -0.2) is 4.68 Å². The van der Waals surface area contributed by atoms with Gasteiger partial charge in [0.1, 0.15) is 0 Å². The summed E-state index contributed by atoms with van der Waals surface area (Å²) in [5, 5.41) is 4.31. The van der Waals surface area contributed by atoms with Crippen LogP contribution in [0.3, 0.4) is 0 Å². The summed E-state index contributed by atoms with van der Waals surface area (Å²) in [4.78, 5) is 37.8. The Morgan fingerprint density at radius 2 is 1.79 bits per heavy atom. The molecule has 1 atom stereocenters. The van der Waals surface area contributed by atoms with E-state index < -0.39 is 23.3 Å². The number of carbonyl (C=O) groups is 2. The molecule has 0 aliphatic carbocycles. The molecular formula is C18H21N3O3. The Hall–Kier alpha value is -2.76. The van der Waals surface area contributed by atoms with Crippen LogP contribution in [0.25, 0.3) is 11.3 Å². The minimum absolute atomic E-state index is 0.429. The number of Topliss-reactive ketones (excluding diaryl/α,β-unsaturated/α-hetero) is 1. The molecule has 126 valence electrons. The maximum absolute atomic E-state index is 12.3. The first-order valence-electron chi connectivity index (χ1n) is 7.61. The van der Waals surface area contributed by atoms with Crippen LogP contribution in [0.4, 0.5) is 0 Å². The molecule has 0 saturated carbocycles. The van der Waals surface area contributed by atoms with Gasteiger partial charge in [0.05, 0.1) is 5.69 Å². The van der Waals surface area contributed by atoms with Crippen molar-refractivity contribution in [3.8, 4) is 11.3 Å². The third kappa shape index (κ3) is 3.42. The molecule has 6 nitrogen and oxygen atoms in total. The molecule has 1 amide bonds. The fraction of sp³-hybridized carbons (Fsp3) is 0.333. The van der Waals surface area contributed by atoms with Crippen LogP contribution in [0.5, 0.6) is 0 Å². The molecule has 0 bridgehead atoms. The van der Waals surface area contributed by atoms with Gasteiger partial charge in [0.2, 0.25) is 0 Å². The summed E-state index contributed by atoms with van der Waals surface area (Å²) < 4.78 is 0.974. The number of carbonyl (C=O) groups excluding carboxylic acids is 2. The quantitative estimate of drug-likeness (QED) is 0.802. The number of aryl methyl sites for hydroxylation is 2. The molecule has 0 saturated heterocycles. The van der Waals surface area contributed by atoms with Crippen molar-refractivity contribution in [3.05, 3.63) is 51.8 Å². The monoisotopic (exact) mass is 327 g/mol. The molecule has 1 aromatic heterocycles. The fourth-order valence-electron chi connectivity index (χ4n) is 2.46. The molecule has 2 aromatic rings. The van der Waals surface area contributed by atoms with Crippen LogP contribution in [0.1, 0.15) is 24.1 Å². The highest BCUT2D eigenvalue weighted by atomic mass is 16.2. The molecule has 1 unspecified atom stereocenters. The molecule has 0 radical (unpaired) electrons. The smallest absolute Gasteiger partial charge is 0.267 e. The first-order valence-corrected chi connectivity index (χ1v) is 7.61. The number of nitrogens with zero attached hydrogens (tertiary/aromatic N) is 3. The van der Waals surface area contributed by atoms with Crippen molar-refractivity contribution in [3.63, 3.8) is 0 Å². The van der Waals surface area contributed by atoms with Gasteiger partial charge in [-0.15, -0.1) is 0 Å². The van der Waals surface area contributed by atoms with Crippen LogP contribution < -0.4 is 5.56 Å². The highest BCUT2D eigenvalue weighted by Crippen LogP contribution is 2.22. The van der Waals surface area contributed by atoms with Crippen LogP contribution in [-0.2, 0) is 9.59 Å². The minimum atomic E-state index is -1.25. The van der Waals surface area contributed by atoms with Crippen LogP contribution in [-0.4, -0.2) is 40.5 Å². The van der Waals surface area contributed by atoms with Crippen molar-refractivity contribution < 1.29 is 9.59 Å². The zero-order chi connectivity index (χ0) is 18.0. The van der Waals surface area contributed by atoms with Crippen molar-refractivity contribution in [2.24, 2.45) is 0 Å². The lowest BCUT2D eigenvalue weighted by molar-refractivity contribution is -0.138. The van der Waals surface area contributed by atoms with Crippen LogP contribution in [0.2, 0.25) is 0 Å². The van der Waals surface area contributed by atoms with Gasteiger partial charge in [-0.2, -0.15) is 5.10 Å². The molecule has 1 heterocycles. The molecule has 0 fully saturated rings. The number of hydrogen-bond donors (Lipinski definition) is 0. The molecule has 0 spiro atoms. The third-order valence-corrected chi connectivity index (χ3v) is 3.80. The van der Waals surface area contributed by atoms with Crippen molar-refractivity contribution in [1.29, 1.82) is 0 Å². The zero-order valence-electron chi connectivity index (χ0n) is 14.5. The zero-order valence-corrected chi connectivity index (χ0v) is 14.5. The van der Waals surface area contributed by atoms with E-state index in [0.717, 1.165) is 21.4 Å². The summed E-state index contributed by atoms with van der Waals surface area (Å²) in [6.07, 6.45) is 0. The first-order chi connectivity index (χ1) is 11.2. The maximum atomic E-state index is 12.3. The van der Waals surface area contributed by atoms with E-state index in [1.54, 1.807) is 6.07 Å². The van der Waals surface area contributed by atoms with Crippen molar-refractivity contribution in [2.45, 2.75) is 26.8 Å². The Morgan fingerprint density at radius 1 is 1.12 bits per heavy atom. The second kappa shape index (κ2) is 6.78. The summed E-state index contributed by atoms with van der Waals surface area (Å²) in [5.74, 6) is -0.906. The topological polar surface area (TPSA) is 72.3 Å². The molecular weight excluding hydrogens is 306 g/mol. The summed E-state index contributed by atoms with van der Waals surface area (Å²) in [6, 6.07) is 7.61. The van der Waals surface area contributed by atoms with E-state index in [4.69, 9.17) is 0 Å². The second-order valence-electron chi connectivity index (χ2n) is 6.07. The number of likely N-dealkylation sites (N-methyl/N-ethyl adjacent to an activating group) is 1. The van der Waals surface area contributed by atoms with E-state index in [9.17, 15) is 14.4 Å². The molecule has 0 aliphatic rings. The Bertz CT molecular complexity index is 853. The summed E-state index contributed by atoms with van der Waals surface area (Å²) in [7, 11) is 3.08. The van der Waals surface area contributed by atoms with Gasteiger partial charge in [-0.1, -0.05) is 17.7 Å². The van der Waals surface area contributed by atoms with Crippen molar-refractivity contribution >= 4 is 11.7 Å². The minimum Gasteiger partial charge on any atom is -0.347 e. The van der Waals surface area contributed by atoms with E-state index in [2.05, 4.69) is 5.10 Å². The van der Waals surface area contributed by atoms with E-state index in [0.29, 0.717) is 5.69 Å². The van der Waals surface area contributed by atoms with Crippen LogP contribution >= 0.6 is 0 Å². The van der Waals surface area contributed by atoms with E-state index in [-0.39, 0.29) is 0 Å². The summed E-state index contributed by atoms with van der Waals surface area (Å²) >= 11 is 0. The Balaban J connectivity index is 2.64. The van der Waals surface area contributed by atoms with E-state index in [1.807, 2.05) is 32.0 Å². The van der Waals surface area contributed by atoms with E-state index >= 15 is 0 Å². The molecule has 2 rings (SSSR count). The van der Waals surface area contributed by atoms with Gasteiger partial charge in [0.25, 0.3) is 11.5 Å². The number of hydrogen-bond acceptors (Lipinski definition) is 4. The SMILES string of the molecule is CC(=O)C(C(=O)N(C)C)n1nc(-c2cc(C)ccc2C)ccc1=O. The number of benzene rings is 1. The third-order valence-electron chi connectivity index (χ3n) is 3.80. The Morgan fingerprint density at radius 3 is 2.38 bits per heavy atom. The predicted octanol–water partition coefficient (Wildman–Crippen LogP) is 1.75. The van der Waals surface area contributed by atoms with Gasteiger partial charge < -0.3 is 4.90 Å². The molecule has 24 heavy (non-hydrogen) atoms. The average molecular weight is 327 g/mol.